The first-order valence-electron chi connectivity index (χ1n) is 4.44. The van der Waals surface area contributed by atoms with Crippen LogP contribution >= 0.6 is 0 Å². The average molecular weight is 251 g/mol. The Morgan fingerprint density at radius 2 is 1.81 bits per heavy atom. The van der Waals surface area contributed by atoms with Crippen molar-refractivity contribution in [2.24, 2.45) is 0 Å². The smallest absolute Gasteiger partial charge is 0.237 e. The highest BCUT2D eigenvalue weighted by Crippen LogP contribution is 2.15. The molecule has 0 radical (unpaired) electrons. The fourth-order valence-electron chi connectivity index (χ4n) is 0.976. The lowest BCUT2D eigenvalue weighted by molar-refractivity contribution is 0.296. The van der Waals surface area contributed by atoms with Crippen molar-refractivity contribution >= 4 is 15.7 Å². The van der Waals surface area contributed by atoms with E-state index in [-0.39, 0.29) is 5.69 Å². The van der Waals surface area contributed by atoms with Gasteiger partial charge in [-0.3, -0.25) is 4.72 Å². The zero-order valence-electron chi connectivity index (χ0n) is 8.44. The van der Waals surface area contributed by atoms with E-state index < -0.39 is 33.5 Å². The predicted octanol–water partition coefficient (Wildman–Crippen LogP) is 1.09. The highest BCUT2D eigenvalue weighted by Gasteiger charge is 2.20. The van der Waals surface area contributed by atoms with Crippen molar-refractivity contribution in [2.45, 2.75) is 12.2 Å². The maximum Gasteiger partial charge on any atom is 0.237 e. The summed E-state index contributed by atoms with van der Waals surface area (Å²) in [5.41, 5.74) is -0.210. The van der Waals surface area contributed by atoms with Crippen LogP contribution in [-0.2, 0) is 10.0 Å². The Hall–Kier alpha value is -1.21. The number of rotatable bonds is 4. The van der Waals surface area contributed by atoms with Gasteiger partial charge in [0, 0.05) is 6.07 Å². The molecule has 2 N–H and O–H groups in total. The minimum Gasteiger partial charge on any atom is -0.395 e. The van der Waals surface area contributed by atoms with E-state index in [0.29, 0.717) is 6.07 Å². The van der Waals surface area contributed by atoms with Gasteiger partial charge in [0.25, 0.3) is 0 Å². The Balaban J connectivity index is 2.97. The van der Waals surface area contributed by atoms with Crippen LogP contribution in [0.3, 0.4) is 0 Å². The third kappa shape index (κ3) is 3.14. The van der Waals surface area contributed by atoms with E-state index in [2.05, 4.69) is 0 Å². The average Bonchev–Trinajstić information content (AvgIpc) is 2.13. The van der Waals surface area contributed by atoms with Gasteiger partial charge in [-0.1, -0.05) is 0 Å². The number of hydrogen-bond acceptors (Lipinski definition) is 3. The van der Waals surface area contributed by atoms with Crippen molar-refractivity contribution in [3.8, 4) is 0 Å². The summed E-state index contributed by atoms with van der Waals surface area (Å²) in [5, 5.41) is 7.63. The molecule has 0 aliphatic rings. The van der Waals surface area contributed by atoms with Crippen molar-refractivity contribution in [1.29, 1.82) is 0 Å². The number of anilines is 1. The van der Waals surface area contributed by atoms with Gasteiger partial charge in [-0.2, -0.15) is 0 Å². The minimum absolute atomic E-state index is 0.210. The van der Waals surface area contributed by atoms with Crippen molar-refractivity contribution in [3.63, 3.8) is 0 Å². The first-order chi connectivity index (χ1) is 7.35. The van der Waals surface area contributed by atoms with E-state index in [4.69, 9.17) is 5.11 Å². The summed E-state index contributed by atoms with van der Waals surface area (Å²) in [4.78, 5) is 0. The van der Waals surface area contributed by atoms with E-state index in [0.717, 1.165) is 12.1 Å². The molecule has 1 rings (SSSR count). The third-order valence-corrected chi connectivity index (χ3v) is 3.64. The zero-order chi connectivity index (χ0) is 12.3. The van der Waals surface area contributed by atoms with Crippen LogP contribution in [0.15, 0.2) is 18.2 Å². The second kappa shape index (κ2) is 4.75. The number of aliphatic hydroxyl groups is 1. The van der Waals surface area contributed by atoms with Crippen molar-refractivity contribution in [2.75, 3.05) is 11.3 Å². The predicted molar refractivity (Wildman–Crippen MR) is 55.4 cm³/mol. The molecule has 0 aliphatic carbocycles. The molecule has 1 unspecified atom stereocenters. The molecule has 1 aromatic carbocycles. The first kappa shape index (κ1) is 12.9. The molecule has 1 aromatic rings. The van der Waals surface area contributed by atoms with E-state index in [1.165, 1.54) is 6.92 Å². The lowest BCUT2D eigenvalue weighted by Gasteiger charge is -2.12. The van der Waals surface area contributed by atoms with Crippen molar-refractivity contribution in [1.82, 2.24) is 0 Å². The molecule has 1 atom stereocenters. The lowest BCUT2D eigenvalue weighted by Crippen LogP contribution is -2.28. The van der Waals surface area contributed by atoms with Gasteiger partial charge < -0.3 is 5.11 Å². The topological polar surface area (TPSA) is 66.4 Å². The summed E-state index contributed by atoms with van der Waals surface area (Å²) < 4.78 is 50.4. The van der Waals surface area contributed by atoms with E-state index in [9.17, 15) is 17.2 Å². The monoisotopic (exact) mass is 251 g/mol. The molecule has 90 valence electrons. The molecular weight excluding hydrogens is 240 g/mol. The van der Waals surface area contributed by atoms with E-state index in [1.807, 2.05) is 4.72 Å². The van der Waals surface area contributed by atoms with Gasteiger partial charge in [0.15, 0.2) is 0 Å². The van der Waals surface area contributed by atoms with Crippen LogP contribution in [0.2, 0.25) is 0 Å². The van der Waals surface area contributed by atoms with E-state index >= 15 is 0 Å². The summed E-state index contributed by atoms with van der Waals surface area (Å²) >= 11 is 0. The van der Waals surface area contributed by atoms with E-state index in [1.54, 1.807) is 0 Å². The molecule has 0 bridgehead atoms. The Morgan fingerprint density at radius 3 is 2.25 bits per heavy atom. The molecule has 0 heterocycles. The normalized spacial score (nSPS) is 13.5. The summed E-state index contributed by atoms with van der Waals surface area (Å²) in [7, 11) is -3.83. The molecule has 4 nitrogen and oxygen atoms in total. The van der Waals surface area contributed by atoms with Crippen LogP contribution in [0.5, 0.6) is 0 Å². The van der Waals surface area contributed by atoms with Crippen LogP contribution in [0.25, 0.3) is 0 Å². The molecule has 0 fully saturated rings. The largest absolute Gasteiger partial charge is 0.395 e. The number of benzene rings is 1. The van der Waals surface area contributed by atoms with Crippen LogP contribution in [0.4, 0.5) is 14.5 Å². The Morgan fingerprint density at radius 1 is 1.31 bits per heavy atom. The second-order valence-electron chi connectivity index (χ2n) is 3.30. The number of hydrogen-bond donors (Lipinski definition) is 2. The molecule has 0 aromatic heterocycles. The molecule has 7 heteroatoms. The van der Waals surface area contributed by atoms with Gasteiger partial charge in [0.05, 0.1) is 12.3 Å². The SMILES string of the molecule is CC(CO)S(=O)(=O)Nc1cc(F)cc(F)c1. The van der Waals surface area contributed by atoms with Gasteiger partial charge in [-0.25, -0.2) is 17.2 Å². The Bertz CT molecular complexity index is 455. The van der Waals surface area contributed by atoms with Crippen LogP contribution in [0, 0.1) is 11.6 Å². The number of halogens is 2. The van der Waals surface area contributed by atoms with Gasteiger partial charge in [-0.15, -0.1) is 0 Å². The molecule has 0 aliphatic heterocycles. The highest BCUT2D eigenvalue weighted by atomic mass is 32.2. The minimum atomic E-state index is -3.83. The fraction of sp³-hybridized carbons (Fsp3) is 0.333. The number of aliphatic hydroxyl groups excluding tert-OH is 1. The zero-order valence-corrected chi connectivity index (χ0v) is 9.26. The highest BCUT2D eigenvalue weighted by molar-refractivity contribution is 7.93. The summed E-state index contributed by atoms with van der Waals surface area (Å²) in [6.07, 6.45) is 0. The van der Waals surface area contributed by atoms with Crippen LogP contribution in [-0.4, -0.2) is 25.4 Å². The third-order valence-electron chi connectivity index (χ3n) is 1.91. The van der Waals surface area contributed by atoms with Gasteiger partial charge >= 0.3 is 0 Å². The molecule has 0 amide bonds. The standard InChI is InChI=1S/C9H11F2NO3S/c1-6(5-13)16(14,15)12-9-3-7(10)2-8(11)4-9/h2-4,6,12-13H,5H2,1H3. The fourth-order valence-corrected chi connectivity index (χ4v) is 1.82. The first-order valence-corrected chi connectivity index (χ1v) is 5.98. The molecule has 0 saturated carbocycles. The quantitative estimate of drug-likeness (QED) is 0.841. The summed E-state index contributed by atoms with van der Waals surface area (Å²) in [5.74, 6) is -1.76. The second-order valence-corrected chi connectivity index (χ2v) is 5.40. The molecule has 0 saturated heterocycles. The number of sulfonamides is 1. The maximum absolute atomic E-state index is 12.8. The van der Waals surface area contributed by atoms with Gasteiger partial charge in [-0.05, 0) is 19.1 Å². The van der Waals surface area contributed by atoms with Gasteiger partial charge in [0.1, 0.15) is 16.9 Å². The van der Waals surface area contributed by atoms with Gasteiger partial charge in [0.2, 0.25) is 10.0 Å². The molecular formula is C9H11F2NO3S. The molecule has 0 spiro atoms. The lowest BCUT2D eigenvalue weighted by atomic mass is 10.3. The van der Waals surface area contributed by atoms with Crippen molar-refractivity contribution < 1.29 is 22.3 Å². The maximum atomic E-state index is 12.8. The Labute approximate surface area is 92.0 Å². The van der Waals surface area contributed by atoms with Crippen LogP contribution in [0.1, 0.15) is 6.92 Å². The van der Waals surface area contributed by atoms with Crippen LogP contribution < -0.4 is 4.72 Å². The Kier molecular flexibility index (Phi) is 3.82. The molecule has 16 heavy (non-hydrogen) atoms. The van der Waals surface area contributed by atoms with Crippen molar-refractivity contribution in [3.05, 3.63) is 29.8 Å². The summed E-state index contributed by atoms with van der Waals surface area (Å²) in [6, 6.07) is 2.34. The number of nitrogens with one attached hydrogen (secondary N) is 1. The summed E-state index contributed by atoms with van der Waals surface area (Å²) in [6.45, 7) is 0.700.